The molecule has 3 rings (SSSR count). The number of fused-ring (bicyclic) bond motifs is 1. The Labute approximate surface area is 115 Å². The molecule has 2 aliphatic rings. The van der Waals surface area contributed by atoms with Crippen LogP contribution < -0.4 is 5.32 Å². The Hall–Kier alpha value is -1.31. The lowest BCUT2D eigenvalue weighted by molar-refractivity contribution is -0.125. The van der Waals surface area contributed by atoms with Gasteiger partial charge in [-0.05, 0) is 43.2 Å². The first-order chi connectivity index (χ1) is 9.29. The van der Waals surface area contributed by atoms with E-state index >= 15 is 0 Å². The molecule has 1 saturated carbocycles. The van der Waals surface area contributed by atoms with Gasteiger partial charge < -0.3 is 5.32 Å². The van der Waals surface area contributed by atoms with Gasteiger partial charge in [-0.25, -0.2) is 0 Å². The molecular weight excluding hydrogens is 234 g/mol. The Morgan fingerprint density at radius 1 is 1.21 bits per heavy atom. The lowest BCUT2D eigenvalue weighted by atomic mass is 9.75. The second-order valence-electron chi connectivity index (χ2n) is 6.05. The Morgan fingerprint density at radius 3 is 2.68 bits per heavy atom. The van der Waals surface area contributed by atoms with Crippen LogP contribution in [0, 0.1) is 11.8 Å². The number of anilines is 1. The van der Waals surface area contributed by atoms with Crippen LogP contribution in [0.25, 0.3) is 0 Å². The smallest absolute Gasteiger partial charge is 0.145 e. The van der Waals surface area contributed by atoms with Gasteiger partial charge in [-0.15, -0.1) is 0 Å². The third-order valence-corrected chi connectivity index (χ3v) is 5.00. The van der Waals surface area contributed by atoms with Crippen LogP contribution in [0.1, 0.15) is 50.5 Å². The van der Waals surface area contributed by atoms with Gasteiger partial charge in [0.05, 0.1) is 5.92 Å². The summed E-state index contributed by atoms with van der Waals surface area (Å²) in [5.74, 6) is 1.74. The van der Waals surface area contributed by atoms with E-state index in [1.54, 1.807) is 0 Å². The molecule has 1 aromatic carbocycles. The maximum atomic E-state index is 12.7. The second kappa shape index (κ2) is 5.36. The van der Waals surface area contributed by atoms with Crippen molar-refractivity contribution in [1.29, 1.82) is 0 Å². The zero-order valence-corrected chi connectivity index (χ0v) is 11.7. The predicted molar refractivity (Wildman–Crippen MR) is 78.4 cm³/mol. The molecular formula is C17H23NO. The molecule has 0 amide bonds. The van der Waals surface area contributed by atoms with Crippen molar-refractivity contribution < 1.29 is 4.79 Å². The van der Waals surface area contributed by atoms with Crippen LogP contribution in [-0.4, -0.2) is 12.3 Å². The normalized spacial score (nSPS) is 29.6. The van der Waals surface area contributed by atoms with Crippen LogP contribution in [-0.2, 0) is 4.79 Å². The quantitative estimate of drug-likeness (QED) is 0.887. The molecule has 102 valence electrons. The minimum atomic E-state index is 0.0966. The Kier molecular flexibility index (Phi) is 3.58. The van der Waals surface area contributed by atoms with Crippen molar-refractivity contribution in [3.05, 3.63) is 29.8 Å². The zero-order valence-electron chi connectivity index (χ0n) is 11.7. The standard InChI is InChI=1S/C17H23NO/c1-2-12-7-9-13(10-8-12)17(19)15-11-18-16-6-4-3-5-14(15)16/h3-6,12-13,15,18H,2,7-11H2,1H3. The summed E-state index contributed by atoms with van der Waals surface area (Å²) >= 11 is 0. The summed E-state index contributed by atoms with van der Waals surface area (Å²) in [7, 11) is 0. The average molecular weight is 257 g/mol. The molecule has 0 bridgehead atoms. The molecule has 2 heteroatoms. The second-order valence-corrected chi connectivity index (χ2v) is 6.05. The van der Waals surface area contributed by atoms with E-state index in [1.165, 1.54) is 24.8 Å². The molecule has 1 aliphatic heterocycles. The van der Waals surface area contributed by atoms with E-state index in [0.717, 1.165) is 31.0 Å². The van der Waals surface area contributed by atoms with Crippen LogP contribution in [0.3, 0.4) is 0 Å². The van der Waals surface area contributed by atoms with E-state index in [2.05, 4.69) is 24.4 Å². The van der Waals surface area contributed by atoms with E-state index < -0.39 is 0 Å². The first-order valence-electron chi connectivity index (χ1n) is 7.66. The Balaban J connectivity index is 1.69. The number of ketones is 1. The largest absolute Gasteiger partial charge is 0.384 e. The number of hydrogen-bond donors (Lipinski definition) is 1. The first kappa shape index (κ1) is 12.7. The van der Waals surface area contributed by atoms with Gasteiger partial charge in [0.2, 0.25) is 0 Å². The number of para-hydroxylation sites is 1. The van der Waals surface area contributed by atoms with Crippen LogP contribution in [0.5, 0.6) is 0 Å². The summed E-state index contributed by atoms with van der Waals surface area (Å²) in [6, 6.07) is 8.26. The minimum Gasteiger partial charge on any atom is -0.384 e. The highest BCUT2D eigenvalue weighted by atomic mass is 16.1. The van der Waals surface area contributed by atoms with Crippen LogP contribution in [0.2, 0.25) is 0 Å². The van der Waals surface area contributed by atoms with Crippen molar-refractivity contribution in [3.63, 3.8) is 0 Å². The minimum absolute atomic E-state index is 0.0966. The van der Waals surface area contributed by atoms with Gasteiger partial charge in [0.15, 0.2) is 0 Å². The third kappa shape index (κ3) is 2.41. The van der Waals surface area contributed by atoms with E-state index in [9.17, 15) is 4.79 Å². The molecule has 2 nitrogen and oxygen atoms in total. The highest BCUT2D eigenvalue weighted by molar-refractivity contribution is 5.91. The maximum absolute atomic E-state index is 12.7. The monoisotopic (exact) mass is 257 g/mol. The number of nitrogens with one attached hydrogen (secondary N) is 1. The molecule has 19 heavy (non-hydrogen) atoms. The predicted octanol–water partition coefficient (Wildman–Crippen LogP) is 3.98. The van der Waals surface area contributed by atoms with Crippen molar-refractivity contribution >= 4 is 11.5 Å². The topological polar surface area (TPSA) is 29.1 Å². The molecule has 1 heterocycles. The summed E-state index contributed by atoms with van der Waals surface area (Å²) in [6.07, 6.45) is 5.98. The maximum Gasteiger partial charge on any atom is 0.145 e. The highest BCUT2D eigenvalue weighted by Crippen LogP contribution is 2.38. The Bertz CT molecular complexity index is 460. The van der Waals surface area contributed by atoms with Crippen LogP contribution >= 0.6 is 0 Å². The van der Waals surface area contributed by atoms with E-state index in [0.29, 0.717) is 11.7 Å². The molecule has 1 fully saturated rings. The highest BCUT2D eigenvalue weighted by Gasteiger charge is 2.34. The van der Waals surface area contributed by atoms with Gasteiger partial charge in [0.25, 0.3) is 0 Å². The van der Waals surface area contributed by atoms with Gasteiger partial charge in [0, 0.05) is 18.2 Å². The number of carbonyl (C=O) groups excluding carboxylic acids is 1. The zero-order chi connectivity index (χ0) is 13.2. The van der Waals surface area contributed by atoms with Crippen molar-refractivity contribution in [2.24, 2.45) is 11.8 Å². The van der Waals surface area contributed by atoms with Gasteiger partial charge in [-0.2, -0.15) is 0 Å². The fraction of sp³-hybridized carbons (Fsp3) is 0.588. The molecule has 1 atom stereocenters. The first-order valence-corrected chi connectivity index (χ1v) is 7.66. The van der Waals surface area contributed by atoms with Crippen LogP contribution in [0.15, 0.2) is 24.3 Å². The average Bonchev–Trinajstić information content (AvgIpc) is 2.90. The van der Waals surface area contributed by atoms with Gasteiger partial charge in [-0.1, -0.05) is 31.5 Å². The molecule has 1 aliphatic carbocycles. The fourth-order valence-electron chi connectivity index (χ4n) is 3.68. The summed E-state index contributed by atoms with van der Waals surface area (Å²) in [4.78, 5) is 12.7. The summed E-state index contributed by atoms with van der Waals surface area (Å²) in [5, 5.41) is 3.37. The number of rotatable bonds is 3. The van der Waals surface area contributed by atoms with E-state index in [4.69, 9.17) is 0 Å². The number of Topliss-reactive ketones (excluding diaryl/α,β-unsaturated/α-hetero) is 1. The third-order valence-electron chi connectivity index (χ3n) is 5.00. The molecule has 0 radical (unpaired) electrons. The molecule has 1 aromatic rings. The molecule has 0 spiro atoms. The number of hydrogen-bond acceptors (Lipinski definition) is 2. The lowest BCUT2D eigenvalue weighted by Crippen LogP contribution is -2.27. The summed E-state index contributed by atoms with van der Waals surface area (Å²) in [5.41, 5.74) is 2.37. The van der Waals surface area contributed by atoms with E-state index in [-0.39, 0.29) is 5.92 Å². The van der Waals surface area contributed by atoms with Gasteiger partial charge >= 0.3 is 0 Å². The lowest BCUT2D eigenvalue weighted by Gasteiger charge is -2.28. The number of carbonyl (C=O) groups is 1. The molecule has 0 saturated heterocycles. The Morgan fingerprint density at radius 2 is 1.95 bits per heavy atom. The number of benzene rings is 1. The van der Waals surface area contributed by atoms with Crippen molar-refractivity contribution in [2.45, 2.75) is 44.9 Å². The SMILES string of the molecule is CCC1CCC(C(=O)C2CNc3ccccc32)CC1. The molecule has 1 unspecified atom stereocenters. The fourth-order valence-corrected chi connectivity index (χ4v) is 3.68. The van der Waals surface area contributed by atoms with Gasteiger partial charge in [-0.3, -0.25) is 4.79 Å². The van der Waals surface area contributed by atoms with E-state index in [1.807, 2.05) is 12.1 Å². The van der Waals surface area contributed by atoms with Crippen LogP contribution in [0.4, 0.5) is 5.69 Å². The van der Waals surface area contributed by atoms with Gasteiger partial charge in [0.1, 0.15) is 5.78 Å². The van der Waals surface area contributed by atoms with Crippen molar-refractivity contribution in [1.82, 2.24) is 0 Å². The molecule has 0 aromatic heterocycles. The molecule has 1 N–H and O–H groups in total. The summed E-state index contributed by atoms with van der Waals surface area (Å²) < 4.78 is 0. The van der Waals surface area contributed by atoms with Crippen molar-refractivity contribution in [2.75, 3.05) is 11.9 Å². The summed E-state index contributed by atoms with van der Waals surface area (Å²) in [6.45, 7) is 3.07. The van der Waals surface area contributed by atoms with Crippen molar-refractivity contribution in [3.8, 4) is 0 Å².